The van der Waals surface area contributed by atoms with E-state index in [9.17, 15) is 9.18 Å². The van der Waals surface area contributed by atoms with Crippen LogP contribution in [0.15, 0.2) is 84.9 Å². The molecule has 0 saturated heterocycles. The summed E-state index contributed by atoms with van der Waals surface area (Å²) in [6.45, 7) is 0. The van der Waals surface area contributed by atoms with Crippen LogP contribution in [0.25, 0.3) is 11.3 Å². The number of anilines is 3. The number of hydrogen-bond donors (Lipinski definition) is 2. The first-order valence-corrected chi connectivity index (χ1v) is 9.53. The minimum atomic E-state index is -0.322. The Hall–Kier alpha value is -4.26. The van der Waals surface area contributed by atoms with Gasteiger partial charge >= 0.3 is 0 Å². The SMILES string of the molecule is COc1ccc(NC(=O)c2ccc(Nc3ccc(-c4cccc(F)c4)nn3)cc2)cc1. The van der Waals surface area contributed by atoms with Crippen LogP contribution in [-0.4, -0.2) is 23.2 Å². The number of halogens is 1. The van der Waals surface area contributed by atoms with Gasteiger partial charge in [-0.25, -0.2) is 4.39 Å². The second-order valence-corrected chi connectivity index (χ2v) is 6.70. The number of nitrogens with zero attached hydrogens (tertiary/aromatic N) is 2. The van der Waals surface area contributed by atoms with Crippen molar-refractivity contribution in [1.29, 1.82) is 0 Å². The molecule has 1 aromatic heterocycles. The molecule has 0 spiro atoms. The second kappa shape index (κ2) is 9.04. The maximum absolute atomic E-state index is 13.4. The zero-order valence-corrected chi connectivity index (χ0v) is 16.7. The Morgan fingerprint density at radius 3 is 2.26 bits per heavy atom. The Morgan fingerprint density at radius 1 is 0.871 bits per heavy atom. The first kappa shape index (κ1) is 20.0. The van der Waals surface area contributed by atoms with Crippen molar-refractivity contribution < 1.29 is 13.9 Å². The van der Waals surface area contributed by atoms with Gasteiger partial charge in [-0.2, -0.15) is 0 Å². The van der Waals surface area contributed by atoms with Gasteiger partial charge in [0, 0.05) is 22.5 Å². The smallest absolute Gasteiger partial charge is 0.255 e. The molecule has 4 rings (SSSR count). The highest BCUT2D eigenvalue weighted by Crippen LogP contribution is 2.21. The van der Waals surface area contributed by atoms with Crippen LogP contribution in [0.5, 0.6) is 5.75 Å². The summed E-state index contributed by atoms with van der Waals surface area (Å²) in [6, 6.07) is 23.8. The zero-order chi connectivity index (χ0) is 21.6. The lowest BCUT2D eigenvalue weighted by atomic mass is 10.1. The fourth-order valence-electron chi connectivity index (χ4n) is 2.93. The Bertz CT molecular complexity index is 1180. The van der Waals surface area contributed by atoms with Crippen LogP contribution in [0.4, 0.5) is 21.6 Å². The van der Waals surface area contributed by atoms with E-state index in [1.807, 2.05) is 0 Å². The van der Waals surface area contributed by atoms with Gasteiger partial charge in [0.25, 0.3) is 5.91 Å². The minimum absolute atomic E-state index is 0.212. The predicted octanol–water partition coefficient (Wildman–Crippen LogP) is 5.29. The molecule has 0 saturated carbocycles. The van der Waals surface area contributed by atoms with Crippen molar-refractivity contribution in [3.8, 4) is 17.0 Å². The first-order chi connectivity index (χ1) is 15.1. The molecule has 1 amide bonds. The monoisotopic (exact) mass is 414 g/mol. The fourth-order valence-corrected chi connectivity index (χ4v) is 2.93. The molecule has 7 heteroatoms. The molecule has 0 fully saturated rings. The van der Waals surface area contributed by atoms with Crippen molar-refractivity contribution in [3.05, 3.63) is 96.3 Å². The number of aromatic nitrogens is 2. The summed E-state index contributed by atoms with van der Waals surface area (Å²) in [4.78, 5) is 12.4. The third-order valence-electron chi connectivity index (χ3n) is 4.55. The lowest BCUT2D eigenvalue weighted by Gasteiger charge is -2.08. The molecule has 0 atom stereocenters. The predicted molar refractivity (Wildman–Crippen MR) is 118 cm³/mol. The number of hydrogen-bond acceptors (Lipinski definition) is 5. The van der Waals surface area contributed by atoms with E-state index >= 15 is 0 Å². The third-order valence-corrected chi connectivity index (χ3v) is 4.55. The normalized spacial score (nSPS) is 10.4. The van der Waals surface area contributed by atoms with E-state index in [-0.39, 0.29) is 11.7 Å². The van der Waals surface area contributed by atoms with Crippen molar-refractivity contribution >= 4 is 23.1 Å². The molecule has 0 aliphatic heterocycles. The van der Waals surface area contributed by atoms with Gasteiger partial charge in [0.1, 0.15) is 11.6 Å². The number of rotatable bonds is 6. The molecule has 6 nitrogen and oxygen atoms in total. The Balaban J connectivity index is 1.39. The van der Waals surface area contributed by atoms with Crippen LogP contribution in [-0.2, 0) is 0 Å². The number of methoxy groups -OCH3 is 1. The van der Waals surface area contributed by atoms with E-state index in [0.29, 0.717) is 28.3 Å². The molecule has 1 heterocycles. The summed E-state index contributed by atoms with van der Waals surface area (Å²) < 4.78 is 18.5. The van der Waals surface area contributed by atoms with E-state index in [0.717, 1.165) is 11.4 Å². The maximum atomic E-state index is 13.4. The second-order valence-electron chi connectivity index (χ2n) is 6.70. The summed E-state index contributed by atoms with van der Waals surface area (Å²) in [7, 11) is 1.59. The van der Waals surface area contributed by atoms with Crippen LogP contribution in [0.1, 0.15) is 10.4 Å². The van der Waals surface area contributed by atoms with Crippen LogP contribution in [0, 0.1) is 5.82 Å². The standard InChI is InChI=1S/C24H19FN4O2/c1-31-21-11-9-20(10-12-21)27-24(30)16-5-7-19(8-6-16)26-23-14-13-22(28-29-23)17-3-2-4-18(25)15-17/h2-15H,1H3,(H,26,29)(H,27,30). The van der Waals surface area contributed by atoms with Gasteiger partial charge in [-0.15, -0.1) is 10.2 Å². The molecule has 3 aromatic carbocycles. The number of nitrogens with one attached hydrogen (secondary N) is 2. The molecule has 154 valence electrons. The molecule has 0 aliphatic rings. The topological polar surface area (TPSA) is 76.1 Å². The van der Waals surface area contributed by atoms with Crippen molar-refractivity contribution in [2.24, 2.45) is 0 Å². The van der Waals surface area contributed by atoms with E-state index in [1.165, 1.54) is 12.1 Å². The molecule has 0 unspecified atom stereocenters. The van der Waals surface area contributed by atoms with Gasteiger partial charge in [0.2, 0.25) is 0 Å². The van der Waals surface area contributed by atoms with Crippen LogP contribution in [0.3, 0.4) is 0 Å². The molecule has 0 bridgehead atoms. The highest BCUT2D eigenvalue weighted by atomic mass is 19.1. The lowest BCUT2D eigenvalue weighted by molar-refractivity contribution is 0.102. The highest BCUT2D eigenvalue weighted by Gasteiger charge is 2.07. The quantitative estimate of drug-likeness (QED) is 0.449. The summed E-state index contributed by atoms with van der Waals surface area (Å²) in [5.74, 6) is 0.727. The molecule has 0 aliphatic carbocycles. The number of ether oxygens (including phenoxy) is 1. The molecule has 4 aromatic rings. The lowest BCUT2D eigenvalue weighted by Crippen LogP contribution is -2.11. The van der Waals surface area contributed by atoms with Gasteiger partial charge < -0.3 is 15.4 Å². The van der Waals surface area contributed by atoms with Crippen molar-refractivity contribution in [3.63, 3.8) is 0 Å². The van der Waals surface area contributed by atoms with Crippen LogP contribution >= 0.6 is 0 Å². The average molecular weight is 414 g/mol. The number of carbonyl (C=O) groups excluding carboxylic acids is 1. The Kier molecular flexibility index (Phi) is 5.84. The minimum Gasteiger partial charge on any atom is -0.497 e. The summed E-state index contributed by atoms with van der Waals surface area (Å²) in [5, 5.41) is 14.2. The van der Waals surface area contributed by atoms with E-state index in [2.05, 4.69) is 20.8 Å². The fraction of sp³-hybridized carbons (Fsp3) is 0.0417. The zero-order valence-electron chi connectivity index (χ0n) is 16.7. The first-order valence-electron chi connectivity index (χ1n) is 9.53. The van der Waals surface area contributed by atoms with E-state index in [4.69, 9.17) is 4.74 Å². The molecular formula is C24H19FN4O2. The van der Waals surface area contributed by atoms with Crippen molar-refractivity contribution in [1.82, 2.24) is 10.2 Å². The largest absolute Gasteiger partial charge is 0.497 e. The van der Waals surface area contributed by atoms with Crippen LogP contribution in [0.2, 0.25) is 0 Å². The van der Waals surface area contributed by atoms with Gasteiger partial charge in [0.15, 0.2) is 5.82 Å². The summed E-state index contributed by atoms with van der Waals surface area (Å²) >= 11 is 0. The molecule has 2 N–H and O–H groups in total. The summed E-state index contributed by atoms with van der Waals surface area (Å²) in [6.07, 6.45) is 0. The number of carbonyl (C=O) groups is 1. The maximum Gasteiger partial charge on any atom is 0.255 e. The van der Waals surface area contributed by atoms with Crippen molar-refractivity contribution in [2.45, 2.75) is 0 Å². The van der Waals surface area contributed by atoms with E-state index in [1.54, 1.807) is 79.9 Å². The van der Waals surface area contributed by atoms with Crippen molar-refractivity contribution in [2.75, 3.05) is 17.7 Å². The molecule has 31 heavy (non-hydrogen) atoms. The molecule has 0 radical (unpaired) electrons. The Morgan fingerprint density at radius 2 is 1.61 bits per heavy atom. The highest BCUT2D eigenvalue weighted by molar-refractivity contribution is 6.04. The van der Waals surface area contributed by atoms with Gasteiger partial charge in [-0.3, -0.25) is 4.79 Å². The van der Waals surface area contributed by atoms with Gasteiger partial charge in [-0.1, -0.05) is 12.1 Å². The number of amides is 1. The average Bonchev–Trinajstić information content (AvgIpc) is 2.80. The van der Waals surface area contributed by atoms with Gasteiger partial charge in [0.05, 0.1) is 12.8 Å². The van der Waals surface area contributed by atoms with E-state index < -0.39 is 0 Å². The third kappa shape index (κ3) is 5.02. The van der Waals surface area contributed by atoms with Gasteiger partial charge in [-0.05, 0) is 72.8 Å². The van der Waals surface area contributed by atoms with Crippen LogP contribution < -0.4 is 15.4 Å². The summed E-state index contributed by atoms with van der Waals surface area (Å²) in [5.41, 5.74) is 3.20. The Labute approximate surface area is 178 Å². The molecular weight excluding hydrogens is 395 g/mol. The number of benzene rings is 3.